The van der Waals surface area contributed by atoms with Gasteiger partial charge in [0, 0.05) is 0 Å². The third-order valence-corrected chi connectivity index (χ3v) is 0.965. The van der Waals surface area contributed by atoms with Gasteiger partial charge in [-0.1, -0.05) is 25.6 Å². The largest absolute Gasteiger partial charge is 0.411 e. The van der Waals surface area contributed by atoms with Crippen LogP contribution in [0.15, 0.2) is 17.3 Å². The molecule has 46 valence electrons. The van der Waals surface area contributed by atoms with Crippen LogP contribution in [-0.4, -0.2) is 11.4 Å². The average molecular weight is 113 g/mol. The lowest BCUT2D eigenvalue weighted by atomic mass is 10.1. The number of oxime groups is 1. The van der Waals surface area contributed by atoms with Gasteiger partial charge < -0.3 is 5.21 Å². The van der Waals surface area contributed by atoms with Gasteiger partial charge in [-0.25, -0.2) is 0 Å². The zero-order valence-electron chi connectivity index (χ0n) is 5.26. The standard InChI is InChI=1S/C6H11NO/c1-5(2)6(3)4-7-8/h4-5,8H,3H2,1-2H3/b7-4+. The Morgan fingerprint density at radius 2 is 2.25 bits per heavy atom. The van der Waals surface area contributed by atoms with Gasteiger partial charge in [0.1, 0.15) is 0 Å². The number of allylic oxidation sites excluding steroid dienone is 1. The third kappa shape index (κ3) is 2.39. The van der Waals surface area contributed by atoms with Crippen LogP contribution >= 0.6 is 0 Å². The maximum Gasteiger partial charge on any atom is 0.0690 e. The lowest BCUT2D eigenvalue weighted by Gasteiger charge is -1.98. The van der Waals surface area contributed by atoms with E-state index in [1.54, 1.807) is 0 Å². The minimum atomic E-state index is 0.367. The summed E-state index contributed by atoms with van der Waals surface area (Å²) in [6.45, 7) is 7.61. The van der Waals surface area contributed by atoms with Gasteiger partial charge in [0.05, 0.1) is 6.21 Å². The van der Waals surface area contributed by atoms with E-state index in [1.807, 2.05) is 13.8 Å². The maximum absolute atomic E-state index is 7.99. The molecule has 0 aliphatic carbocycles. The second-order valence-electron chi connectivity index (χ2n) is 1.97. The first-order valence-electron chi connectivity index (χ1n) is 2.54. The Labute approximate surface area is 49.5 Å². The van der Waals surface area contributed by atoms with E-state index in [-0.39, 0.29) is 0 Å². The molecule has 0 spiro atoms. The molecule has 0 amide bonds. The summed E-state index contributed by atoms with van der Waals surface area (Å²) in [7, 11) is 0. The molecule has 0 aromatic heterocycles. The second-order valence-corrected chi connectivity index (χ2v) is 1.97. The van der Waals surface area contributed by atoms with Crippen molar-refractivity contribution < 1.29 is 5.21 Å². The van der Waals surface area contributed by atoms with Crippen LogP contribution in [0.25, 0.3) is 0 Å². The van der Waals surface area contributed by atoms with Gasteiger partial charge in [0.25, 0.3) is 0 Å². The monoisotopic (exact) mass is 113 g/mol. The lowest BCUT2D eigenvalue weighted by Crippen LogP contribution is -1.91. The van der Waals surface area contributed by atoms with Crippen molar-refractivity contribution in [3.63, 3.8) is 0 Å². The molecule has 2 nitrogen and oxygen atoms in total. The first-order valence-corrected chi connectivity index (χ1v) is 2.54. The van der Waals surface area contributed by atoms with Gasteiger partial charge >= 0.3 is 0 Å². The molecule has 0 saturated heterocycles. The van der Waals surface area contributed by atoms with Crippen LogP contribution in [0.2, 0.25) is 0 Å². The molecular weight excluding hydrogens is 102 g/mol. The summed E-state index contributed by atoms with van der Waals surface area (Å²) >= 11 is 0. The molecule has 0 fully saturated rings. The van der Waals surface area contributed by atoms with Crippen molar-refractivity contribution in [2.45, 2.75) is 13.8 Å². The van der Waals surface area contributed by atoms with E-state index >= 15 is 0 Å². The Bertz CT molecular complexity index is 105. The molecule has 0 rings (SSSR count). The smallest absolute Gasteiger partial charge is 0.0690 e. The molecular formula is C6H11NO. The number of hydrogen-bond acceptors (Lipinski definition) is 2. The first kappa shape index (κ1) is 7.21. The summed E-state index contributed by atoms with van der Waals surface area (Å²) in [5.74, 6) is 0.367. The Balaban J connectivity index is 3.66. The molecule has 0 aliphatic heterocycles. The normalized spacial score (nSPS) is 10.9. The second kappa shape index (κ2) is 3.24. The van der Waals surface area contributed by atoms with E-state index in [0.29, 0.717) is 5.92 Å². The van der Waals surface area contributed by atoms with E-state index in [9.17, 15) is 0 Å². The molecule has 2 heteroatoms. The fourth-order valence-corrected chi connectivity index (χ4v) is 0.223. The van der Waals surface area contributed by atoms with Crippen molar-refractivity contribution in [3.05, 3.63) is 12.2 Å². The highest BCUT2D eigenvalue weighted by molar-refractivity contribution is 5.77. The average Bonchev–Trinajstić information content (AvgIpc) is 1.67. The van der Waals surface area contributed by atoms with Gasteiger partial charge in [0.2, 0.25) is 0 Å². The summed E-state index contributed by atoms with van der Waals surface area (Å²) in [5, 5.41) is 10.8. The number of hydrogen-bond donors (Lipinski definition) is 1. The van der Waals surface area contributed by atoms with Crippen molar-refractivity contribution in [2.75, 3.05) is 0 Å². The molecule has 0 heterocycles. The van der Waals surface area contributed by atoms with Crippen LogP contribution in [0.3, 0.4) is 0 Å². The number of rotatable bonds is 2. The van der Waals surface area contributed by atoms with Crippen molar-refractivity contribution in [1.29, 1.82) is 0 Å². The molecule has 0 aliphatic rings. The summed E-state index contributed by atoms with van der Waals surface area (Å²) in [6, 6.07) is 0. The predicted molar refractivity (Wildman–Crippen MR) is 34.3 cm³/mol. The van der Waals surface area contributed by atoms with Gasteiger partial charge in [0.15, 0.2) is 0 Å². The Morgan fingerprint density at radius 1 is 1.75 bits per heavy atom. The maximum atomic E-state index is 7.99. The van der Waals surface area contributed by atoms with Crippen molar-refractivity contribution in [3.8, 4) is 0 Å². The van der Waals surface area contributed by atoms with Crippen molar-refractivity contribution >= 4 is 6.21 Å². The van der Waals surface area contributed by atoms with Gasteiger partial charge in [-0.05, 0) is 11.5 Å². The quantitative estimate of drug-likeness (QED) is 0.329. The lowest BCUT2D eigenvalue weighted by molar-refractivity contribution is 0.321. The van der Waals surface area contributed by atoms with Crippen molar-refractivity contribution in [1.82, 2.24) is 0 Å². The minimum absolute atomic E-state index is 0.367. The molecule has 8 heavy (non-hydrogen) atoms. The molecule has 0 saturated carbocycles. The highest BCUT2D eigenvalue weighted by atomic mass is 16.4. The zero-order valence-corrected chi connectivity index (χ0v) is 5.26. The molecule has 0 aromatic carbocycles. The van der Waals surface area contributed by atoms with Gasteiger partial charge in [-0.15, -0.1) is 0 Å². The van der Waals surface area contributed by atoms with E-state index in [1.165, 1.54) is 6.21 Å². The topological polar surface area (TPSA) is 32.6 Å². The van der Waals surface area contributed by atoms with Crippen LogP contribution in [0.4, 0.5) is 0 Å². The highest BCUT2D eigenvalue weighted by Gasteiger charge is 1.93. The van der Waals surface area contributed by atoms with E-state index < -0.39 is 0 Å². The van der Waals surface area contributed by atoms with E-state index in [4.69, 9.17) is 5.21 Å². The Morgan fingerprint density at radius 3 is 2.38 bits per heavy atom. The van der Waals surface area contributed by atoms with Crippen molar-refractivity contribution in [2.24, 2.45) is 11.1 Å². The third-order valence-electron chi connectivity index (χ3n) is 0.965. The summed E-state index contributed by atoms with van der Waals surface area (Å²) in [5.41, 5.74) is 0.840. The Kier molecular flexibility index (Phi) is 2.92. The van der Waals surface area contributed by atoms with Crippen LogP contribution in [0.1, 0.15) is 13.8 Å². The van der Waals surface area contributed by atoms with Crippen LogP contribution in [-0.2, 0) is 0 Å². The highest BCUT2D eigenvalue weighted by Crippen LogP contribution is 2.01. The molecule has 0 radical (unpaired) electrons. The SMILES string of the molecule is C=C(/C=N/O)C(C)C. The zero-order chi connectivity index (χ0) is 6.57. The van der Waals surface area contributed by atoms with Gasteiger partial charge in [-0.3, -0.25) is 0 Å². The predicted octanol–water partition coefficient (Wildman–Crippen LogP) is 1.66. The first-order chi connectivity index (χ1) is 3.68. The van der Waals surface area contributed by atoms with Gasteiger partial charge in [-0.2, -0.15) is 0 Å². The molecule has 0 unspecified atom stereocenters. The van der Waals surface area contributed by atoms with Crippen LogP contribution in [0, 0.1) is 5.92 Å². The molecule has 0 atom stereocenters. The number of nitrogens with zero attached hydrogens (tertiary/aromatic N) is 1. The molecule has 0 aromatic rings. The van der Waals surface area contributed by atoms with E-state index in [0.717, 1.165) is 5.57 Å². The molecule has 1 N–H and O–H groups in total. The summed E-state index contributed by atoms with van der Waals surface area (Å²) in [6.07, 6.45) is 1.35. The fraction of sp³-hybridized carbons (Fsp3) is 0.500. The van der Waals surface area contributed by atoms with Crippen LogP contribution < -0.4 is 0 Å². The van der Waals surface area contributed by atoms with E-state index in [2.05, 4.69) is 11.7 Å². The van der Waals surface area contributed by atoms with Crippen LogP contribution in [0.5, 0.6) is 0 Å². The fourth-order valence-electron chi connectivity index (χ4n) is 0.223. The summed E-state index contributed by atoms with van der Waals surface area (Å²) in [4.78, 5) is 0. The minimum Gasteiger partial charge on any atom is -0.411 e. The Hall–Kier alpha value is -0.790. The molecule has 0 bridgehead atoms. The summed E-state index contributed by atoms with van der Waals surface area (Å²) < 4.78 is 0.